The van der Waals surface area contributed by atoms with Crippen molar-refractivity contribution in [1.29, 1.82) is 0 Å². The molecule has 0 aliphatic heterocycles. The van der Waals surface area contributed by atoms with Crippen molar-refractivity contribution >= 4 is 0 Å². The lowest BCUT2D eigenvalue weighted by molar-refractivity contribution is 0.201. The summed E-state index contributed by atoms with van der Waals surface area (Å²) in [6.45, 7) is 3.95. The Bertz CT molecular complexity index is 293. The molecule has 1 aromatic heterocycles. The van der Waals surface area contributed by atoms with Gasteiger partial charge >= 0.3 is 0 Å². The molecule has 0 saturated heterocycles. The van der Waals surface area contributed by atoms with Gasteiger partial charge in [-0.05, 0) is 33.7 Å². The topological polar surface area (TPSA) is 42.2 Å². The molecule has 0 amide bonds. The molecule has 4 nitrogen and oxygen atoms in total. The van der Waals surface area contributed by atoms with E-state index in [0.29, 0.717) is 5.82 Å². The van der Waals surface area contributed by atoms with Crippen molar-refractivity contribution in [3.8, 4) is 0 Å². The molecule has 2 rings (SSSR count). The highest BCUT2D eigenvalue weighted by atomic mass is 16.5. The maximum Gasteiger partial charge on any atom is 0.243 e. The van der Waals surface area contributed by atoms with Crippen molar-refractivity contribution in [3.05, 3.63) is 11.7 Å². The summed E-state index contributed by atoms with van der Waals surface area (Å²) < 4.78 is 5.12. The average Bonchev–Trinajstić information content (AvgIpc) is 2.87. The summed E-state index contributed by atoms with van der Waals surface area (Å²) in [5.74, 6) is 1.44. The fourth-order valence-electron chi connectivity index (χ4n) is 1.46. The van der Waals surface area contributed by atoms with Crippen LogP contribution in [0.15, 0.2) is 4.52 Å². The second-order valence-corrected chi connectivity index (χ2v) is 3.75. The molecule has 1 unspecified atom stereocenters. The Balaban J connectivity index is 2.06. The van der Waals surface area contributed by atoms with Crippen molar-refractivity contribution in [1.82, 2.24) is 15.0 Å². The molecule has 0 spiro atoms. The SMILES string of the molecule is Cc1noc(C(C)N(C)C2CC2)n1. The first-order chi connectivity index (χ1) is 6.18. The van der Waals surface area contributed by atoms with Gasteiger partial charge < -0.3 is 4.52 Å². The van der Waals surface area contributed by atoms with Gasteiger partial charge in [0.25, 0.3) is 0 Å². The molecule has 0 N–H and O–H groups in total. The highest BCUT2D eigenvalue weighted by Gasteiger charge is 2.31. The maximum absolute atomic E-state index is 5.12. The van der Waals surface area contributed by atoms with E-state index in [2.05, 4.69) is 29.0 Å². The van der Waals surface area contributed by atoms with Gasteiger partial charge in [0.2, 0.25) is 5.89 Å². The Labute approximate surface area is 77.9 Å². The minimum atomic E-state index is 0.244. The Morgan fingerprint density at radius 3 is 2.69 bits per heavy atom. The summed E-state index contributed by atoms with van der Waals surface area (Å²) in [4.78, 5) is 6.52. The Morgan fingerprint density at radius 1 is 1.54 bits per heavy atom. The van der Waals surface area contributed by atoms with Gasteiger partial charge in [0.1, 0.15) is 0 Å². The zero-order chi connectivity index (χ0) is 9.42. The van der Waals surface area contributed by atoms with Gasteiger partial charge in [-0.3, -0.25) is 4.90 Å². The minimum absolute atomic E-state index is 0.244. The van der Waals surface area contributed by atoms with Crippen LogP contribution >= 0.6 is 0 Å². The Hall–Kier alpha value is -0.900. The van der Waals surface area contributed by atoms with Gasteiger partial charge in [0, 0.05) is 6.04 Å². The average molecular weight is 181 g/mol. The summed E-state index contributed by atoms with van der Waals surface area (Å²) >= 11 is 0. The lowest BCUT2D eigenvalue weighted by Gasteiger charge is -2.20. The van der Waals surface area contributed by atoms with Crippen LogP contribution in [0, 0.1) is 6.92 Å². The van der Waals surface area contributed by atoms with Gasteiger partial charge in [-0.1, -0.05) is 5.16 Å². The Kier molecular flexibility index (Phi) is 2.07. The number of rotatable bonds is 3. The van der Waals surface area contributed by atoms with Crippen LogP contribution < -0.4 is 0 Å². The molecule has 1 atom stereocenters. The lowest BCUT2D eigenvalue weighted by atomic mass is 10.3. The first-order valence-corrected chi connectivity index (χ1v) is 4.70. The van der Waals surface area contributed by atoms with E-state index in [4.69, 9.17) is 4.52 Å². The molecule has 1 aliphatic rings. The molecule has 13 heavy (non-hydrogen) atoms. The molecule has 72 valence electrons. The summed E-state index contributed by atoms with van der Waals surface area (Å²) in [7, 11) is 2.11. The van der Waals surface area contributed by atoms with Crippen molar-refractivity contribution < 1.29 is 4.52 Å². The van der Waals surface area contributed by atoms with Crippen LogP contribution in [0.4, 0.5) is 0 Å². The second kappa shape index (κ2) is 3.10. The van der Waals surface area contributed by atoms with Crippen LogP contribution in [0.25, 0.3) is 0 Å². The molecule has 4 heteroatoms. The first-order valence-electron chi connectivity index (χ1n) is 4.70. The predicted molar refractivity (Wildman–Crippen MR) is 48.2 cm³/mol. The third kappa shape index (κ3) is 1.72. The number of aromatic nitrogens is 2. The van der Waals surface area contributed by atoms with Gasteiger partial charge in [-0.2, -0.15) is 4.98 Å². The quantitative estimate of drug-likeness (QED) is 0.709. The van der Waals surface area contributed by atoms with E-state index >= 15 is 0 Å². The summed E-state index contributed by atoms with van der Waals surface area (Å²) in [6.07, 6.45) is 2.60. The molecular formula is C9H15N3O. The van der Waals surface area contributed by atoms with E-state index in [9.17, 15) is 0 Å². The summed E-state index contributed by atoms with van der Waals surface area (Å²) in [5.41, 5.74) is 0. The van der Waals surface area contributed by atoms with Crippen molar-refractivity contribution in [2.45, 2.75) is 38.8 Å². The van der Waals surface area contributed by atoms with Crippen LogP contribution in [0.2, 0.25) is 0 Å². The van der Waals surface area contributed by atoms with Crippen LogP contribution in [0.3, 0.4) is 0 Å². The molecule has 0 aromatic carbocycles. The molecule has 0 radical (unpaired) electrons. The van der Waals surface area contributed by atoms with E-state index in [1.54, 1.807) is 0 Å². The van der Waals surface area contributed by atoms with Crippen molar-refractivity contribution in [2.24, 2.45) is 0 Å². The lowest BCUT2D eigenvalue weighted by Crippen LogP contribution is -2.24. The highest BCUT2D eigenvalue weighted by molar-refractivity contribution is 4.94. The van der Waals surface area contributed by atoms with Crippen LogP contribution in [-0.2, 0) is 0 Å². The number of aryl methyl sites for hydroxylation is 1. The normalized spacial score (nSPS) is 19.4. The largest absolute Gasteiger partial charge is 0.338 e. The third-order valence-electron chi connectivity index (χ3n) is 2.63. The van der Waals surface area contributed by atoms with E-state index in [-0.39, 0.29) is 6.04 Å². The van der Waals surface area contributed by atoms with Crippen LogP contribution in [0.1, 0.15) is 37.5 Å². The smallest absolute Gasteiger partial charge is 0.243 e. The van der Waals surface area contributed by atoms with Gasteiger partial charge in [0.15, 0.2) is 5.82 Å². The molecule has 0 bridgehead atoms. The summed E-state index contributed by atoms with van der Waals surface area (Å²) in [5, 5.41) is 3.79. The van der Waals surface area contributed by atoms with Crippen LogP contribution in [0.5, 0.6) is 0 Å². The predicted octanol–water partition coefficient (Wildman–Crippen LogP) is 1.53. The number of hydrogen-bond acceptors (Lipinski definition) is 4. The number of hydrogen-bond donors (Lipinski definition) is 0. The zero-order valence-electron chi connectivity index (χ0n) is 8.32. The molecule has 1 aliphatic carbocycles. The molecule has 1 saturated carbocycles. The van der Waals surface area contributed by atoms with E-state index < -0.39 is 0 Å². The fourth-order valence-corrected chi connectivity index (χ4v) is 1.46. The molecular weight excluding hydrogens is 166 g/mol. The fraction of sp³-hybridized carbons (Fsp3) is 0.778. The molecule has 1 heterocycles. The zero-order valence-corrected chi connectivity index (χ0v) is 8.32. The standard InChI is InChI=1S/C9H15N3O/c1-6(12(3)8-4-5-8)9-10-7(2)11-13-9/h6,8H,4-5H2,1-3H3. The second-order valence-electron chi connectivity index (χ2n) is 3.75. The van der Waals surface area contributed by atoms with Gasteiger partial charge in [-0.25, -0.2) is 0 Å². The van der Waals surface area contributed by atoms with Crippen molar-refractivity contribution in [3.63, 3.8) is 0 Å². The summed E-state index contributed by atoms with van der Waals surface area (Å²) in [6, 6.07) is 0.968. The first kappa shape index (κ1) is 8.69. The molecule has 1 fully saturated rings. The number of nitrogens with zero attached hydrogens (tertiary/aromatic N) is 3. The molecule has 1 aromatic rings. The monoisotopic (exact) mass is 181 g/mol. The maximum atomic E-state index is 5.12. The van der Waals surface area contributed by atoms with E-state index in [1.165, 1.54) is 12.8 Å². The highest BCUT2D eigenvalue weighted by Crippen LogP contribution is 2.31. The minimum Gasteiger partial charge on any atom is -0.338 e. The van der Waals surface area contributed by atoms with Crippen LogP contribution in [-0.4, -0.2) is 28.1 Å². The van der Waals surface area contributed by atoms with Crippen molar-refractivity contribution in [2.75, 3.05) is 7.05 Å². The van der Waals surface area contributed by atoms with Gasteiger partial charge in [0.05, 0.1) is 6.04 Å². The van der Waals surface area contributed by atoms with Gasteiger partial charge in [-0.15, -0.1) is 0 Å². The third-order valence-corrected chi connectivity index (χ3v) is 2.63. The van der Waals surface area contributed by atoms with E-state index in [1.807, 2.05) is 6.92 Å². The van der Waals surface area contributed by atoms with E-state index in [0.717, 1.165) is 11.9 Å². The Morgan fingerprint density at radius 2 is 2.23 bits per heavy atom.